The minimum atomic E-state index is -0.863. The van der Waals surface area contributed by atoms with Gasteiger partial charge in [-0.25, -0.2) is 4.79 Å². The van der Waals surface area contributed by atoms with E-state index >= 15 is 0 Å². The summed E-state index contributed by atoms with van der Waals surface area (Å²) in [5.74, 6) is -1.14. The monoisotopic (exact) mass is 358 g/mol. The number of rotatable bonds is 6. The summed E-state index contributed by atoms with van der Waals surface area (Å²) in [7, 11) is 0. The first-order chi connectivity index (χ1) is 12.0. The van der Waals surface area contributed by atoms with Gasteiger partial charge in [0.1, 0.15) is 0 Å². The van der Waals surface area contributed by atoms with Gasteiger partial charge in [-0.1, -0.05) is 12.1 Å². The predicted molar refractivity (Wildman–Crippen MR) is 94.8 cm³/mol. The molecule has 3 rings (SSSR count). The van der Waals surface area contributed by atoms with Crippen LogP contribution in [0.1, 0.15) is 39.8 Å². The molecule has 25 heavy (non-hydrogen) atoms. The first-order valence-electron chi connectivity index (χ1n) is 7.99. The van der Waals surface area contributed by atoms with Crippen LogP contribution in [0.4, 0.5) is 5.69 Å². The standard InChI is InChI=1S/C18H18N2O4S/c1-11(16(21)19-13-7-8-13)24-18(23)12-4-2-5-14(10-12)20-17(22)15-6-3-9-25-15/h2-6,9-11,13H,7-8H2,1H3,(H,19,21)(H,20,22)/t11-/m0/s1. The molecule has 1 aromatic carbocycles. The molecule has 0 saturated heterocycles. The third-order valence-corrected chi connectivity index (χ3v) is 4.55. The van der Waals surface area contributed by atoms with Gasteiger partial charge in [-0.05, 0) is 49.4 Å². The van der Waals surface area contributed by atoms with Crippen LogP contribution in [-0.2, 0) is 9.53 Å². The van der Waals surface area contributed by atoms with E-state index in [4.69, 9.17) is 4.74 Å². The normalized spacial score (nSPS) is 14.4. The summed E-state index contributed by atoms with van der Waals surface area (Å²) in [5, 5.41) is 7.34. The van der Waals surface area contributed by atoms with Crippen molar-refractivity contribution in [3.63, 3.8) is 0 Å². The van der Waals surface area contributed by atoms with E-state index in [1.807, 2.05) is 5.38 Å². The Kier molecular flexibility index (Phi) is 5.14. The van der Waals surface area contributed by atoms with Gasteiger partial charge in [-0.15, -0.1) is 11.3 Å². The molecule has 130 valence electrons. The molecule has 0 spiro atoms. The van der Waals surface area contributed by atoms with Gasteiger partial charge in [-0.2, -0.15) is 0 Å². The average molecular weight is 358 g/mol. The van der Waals surface area contributed by atoms with Crippen molar-refractivity contribution in [2.24, 2.45) is 0 Å². The van der Waals surface area contributed by atoms with Gasteiger partial charge in [0.2, 0.25) is 0 Å². The molecule has 0 radical (unpaired) electrons. The summed E-state index contributed by atoms with van der Waals surface area (Å²) < 4.78 is 5.20. The molecule has 2 N–H and O–H groups in total. The van der Waals surface area contributed by atoms with Gasteiger partial charge >= 0.3 is 5.97 Å². The molecule has 1 aliphatic carbocycles. The van der Waals surface area contributed by atoms with Gasteiger partial charge in [0.05, 0.1) is 10.4 Å². The molecule has 1 atom stereocenters. The van der Waals surface area contributed by atoms with E-state index in [1.165, 1.54) is 24.3 Å². The van der Waals surface area contributed by atoms with E-state index in [9.17, 15) is 14.4 Å². The van der Waals surface area contributed by atoms with Crippen LogP contribution in [0.3, 0.4) is 0 Å². The average Bonchev–Trinajstić information content (AvgIpc) is 3.23. The Morgan fingerprint density at radius 3 is 2.68 bits per heavy atom. The summed E-state index contributed by atoms with van der Waals surface area (Å²) in [5.41, 5.74) is 0.762. The van der Waals surface area contributed by atoms with Crippen LogP contribution in [0.25, 0.3) is 0 Å². The molecule has 2 amide bonds. The number of carbonyl (C=O) groups excluding carboxylic acids is 3. The first kappa shape index (κ1) is 17.2. The molecule has 1 aromatic heterocycles. The zero-order valence-electron chi connectivity index (χ0n) is 13.7. The van der Waals surface area contributed by atoms with Gasteiger partial charge in [0.15, 0.2) is 6.10 Å². The molecule has 0 aliphatic heterocycles. The maximum atomic E-state index is 12.2. The molecule has 0 unspecified atom stereocenters. The van der Waals surface area contributed by atoms with Crippen molar-refractivity contribution in [1.82, 2.24) is 5.32 Å². The summed E-state index contributed by atoms with van der Waals surface area (Å²) in [6.07, 6.45) is 1.08. The summed E-state index contributed by atoms with van der Waals surface area (Å²) >= 11 is 1.33. The van der Waals surface area contributed by atoms with Crippen LogP contribution in [0.5, 0.6) is 0 Å². The van der Waals surface area contributed by atoms with E-state index in [-0.39, 0.29) is 23.4 Å². The lowest BCUT2D eigenvalue weighted by molar-refractivity contribution is -0.129. The number of hydrogen-bond donors (Lipinski definition) is 2. The number of nitrogens with one attached hydrogen (secondary N) is 2. The van der Waals surface area contributed by atoms with Crippen LogP contribution < -0.4 is 10.6 Å². The van der Waals surface area contributed by atoms with Crippen LogP contribution in [0.2, 0.25) is 0 Å². The van der Waals surface area contributed by atoms with Crippen LogP contribution in [-0.4, -0.2) is 29.9 Å². The lowest BCUT2D eigenvalue weighted by Gasteiger charge is -2.13. The van der Waals surface area contributed by atoms with E-state index in [1.54, 1.807) is 30.3 Å². The highest BCUT2D eigenvalue weighted by Gasteiger charge is 2.27. The minimum absolute atomic E-state index is 0.212. The Bertz CT molecular complexity index is 784. The highest BCUT2D eigenvalue weighted by Crippen LogP contribution is 2.19. The third-order valence-electron chi connectivity index (χ3n) is 3.68. The number of carbonyl (C=O) groups is 3. The molecule has 0 bridgehead atoms. The van der Waals surface area contributed by atoms with Gasteiger partial charge in [-0.3, -0.25) is 9.59 Å². The first-order valence-corrected chi connectivity index (χ1v) is 8.87. The van der Waals surface area contributed by atoms with Crippen molar-refractivity contribution in [2.45, 2.75) is 31.9 Å². The van der Waals surface area contributed by atoms with E-state index in [0.29, 0.717) is 10.6 Å². The van der Waals surface area contributed by atoms with Crippen molar-refractivity contribution < 1.29 is 19.1 Å². The fourth-order valence-electron chi connectivity index (χ4n) is 2.15. The van der Waals surface area contributed by atoms with Crippen LogP contribution in [0.15, 0.2) is 41.8 Å². The molecule has 6 nitrogen and oxygen atoms in total. The third kappa shape index (κ3) is 4.67. The summed E-state index contributed by atoms with van der Waals surface area (Å²) in [4.78, 5) is 36.7. The highest BCUT2D eigenvalue weighted by molar-refractivity contribution is 7.12. The Balaban J connectivity index is 1.60. The van der Waals surface area contributed by atoms with E-state index in [2.05, 4.69) is 10.6 Å². The number of thiophene rings is 1. The number of hydrogen-bond acceptors (Lipinski definition) is 5. The SMILES string of the molecule is C[C@H](OC(=O)c1cccc(NC(=O)c2cccs2)c1)C(=O)NC1CC1. The highest BCUT2D eigenvalue weighted by atomic mass is 32.1. The number of benzene rings is 1. The van der Waals surface area contributed by atoms with Gasteiger partial charge in [0.25, 0.3) is 11.8 Å². The van der Waals surface area contributed by atoms with Crippen molar-refractivity contribution >= 4 is 34.8 Å². The second kappa shape index (κ2) is 7.48. The van der Waals surface area contributed by atoms with Crippen LogP contribution >= 0.6 is 11.3 Å². The Morgan fingerprint density at radius 1 is 1.20 bits per heavy atom. The minimum Gasteiger partial charge on any atom is -0.449 e. The topological polar surface area (TPSA) is 84.5 Å². The fourth-order valence-corrected chi connectivity index (χ4v) is 2.77. The lowest BCUT2D eigenvalue weighted by atomic mass is 10.2. The molecule has 7 heteroatoms. The Labute approximate surface area is 149 Å². The Morgan fingerprint density at radius 2 is 2.00 bits per heavy atom. The van der Waals surface area contributed by atoms with Crippen LogP contribution in [0, 0.1) is 0 Å². The number of anilines is 1. The maximum Gasteiger partial charge on any atom is 0.338 e. The second-order valence-corrected chi connectivity index (χ2v) is 6.79. The molecule has 1 heterocycles. The smallest absolute Gasteiger partial charge is 0.338 e. The van der Waals surface area contributed by atoms with Gasteiger partial charge < -0.3 is 15.4 Å². The van der Waals surface area contributed by atoms with Crippen molar-refractivity contribution in [3.05, 3.63) is 52.2 Å². The van der Waals surface area contributed by atoms with Crippen molar-refractivity contribution in [2.75, 3.05) is 5.32 Å². The van der Waals surface area contributed by atoms with Crippen molar-refractivity contribution in [3.8, 4) is 0 Å². The molecule has 1 fully saturated rings. The number of esters is 1. The zero-order valence-corrected chi connectivity index (χ0v) is 14.5. The molecular formula is C18H18N2O4S. The fraction of sp³-hybridized carbons (Fsp3) is 0.278. The molecular weight excluding hydrogens is 340 g/mol. The predicted octanol–water partition coefficient (Wildman–Crippen LogP) is 2.82. The maximum absolute atomic E-state index is 12.2. The van der Waals surface area contributed by atoms with Crippen molar-refractivity contribution in [1.29, 1.82) is 0 Å². The zero-order chi connectivity index (χ0) is 17.8. The summed E-state index contributed by atoms with van der Waals surface area (Å²) in [6, 6.07) is 10.2. The Hall–Kier alpha value is -2.67. The quantitative estimate of drug-likeness (QED) is 0.778. The second-order valence-electron chi connectivity index (χ2n) is 5.84. The lowest BCUT2D eigenvalue weighted by Crippen LogP contribution is -2.37. The molecule has 1 saturated carbocycles. The number of ether oxygens (including phenoxy) is 1. The largest absolute Gasteiger partial charge is 0.449 e. The number of amides is 2. The van der Waals surface area contributed by atoms with Gasteiger partial charge in [0, 0.05) is 11.7 Å². The molecule has 1 aliphatic rings. The molecule has 2 aromatic rings. The summed E-state index contributed by atoms with van der Waals surface area (Å²) in [6.45, 7) is 1.54. The van der Waals surface area contributed by atoms with E-state index in [0.717, 1.165) is 12.8 Å². The van der Waals surface area contributed by atoms with E-state index < -0.39 is 12.1 Å².